The predicted molar refractivity (Wildman–Crippen MR) is 104 cm³/mol. The van der Waals surface area contributed by atoms with E-state index in [4.69, 9.17) is 4.74 Å². The molecule has 1 amide bonds. The second-order valence-corrected chi connectivity index (χ2v) is 7.37. The molecule has 0 unspecified atom stereocenters. The van der Waals surface area contributed by atoms with E-state index in [2.05, 4.69) is 4.98 Å². The van der Waals surface area contributed by atoms with Crippen LogP contribution in [0, 0.1) is 5.92 Å². The zero-order valence-corrected chi connectivity index (χ0v) is 16.3. The topological polar surface area (TPSA) is 81.5 Å². The van der Waals surface area contributed by atoms with Crippen LogP contribution in [-0.2, 0) is 20.9 Å². The zero-order chi connectivity index (χ0) is 19.4. The molecule has 1 aromatic carbocycles. The van der Waals surface area contributed by atoms with Crippen LogP contribution < -0.4 is 5.56 Å². The molecule has 0 spiro atoms. The number of aromatic nitrogens is 2. The molecule has 1 saturated heterocycles. The van der Waals surface area contributed by atoms with Crippen molar-refractivity contribution in [2.75, 3.05) is 26.0 Å². The molecule has 2 aromatic rings. The van der Waals surface area contributed by atoms with E-state index in [-0.39, 0.29) is 29.1 Å². The molecule has 1 aromatic heterocycles. The van der Waals surface area contributed by atoms with Crippen LogP contribution in [0.2, 0.25) is 0 Å². The third-order valence-corrected chi connectivity index (χ3v) is 5.81. The number of amides is 1. The normalized spacial score (nSPS) is 15.1. The summed E-state index contributed by atoms with van der Waals surface area (Å²) in [6.45, 7) is 3.48. The maximum absolute atomic E-state index is 12.6. The summed E-state index contributed by atoms with van der Waals surface area (Å²) in [5.41, 5.74) is 0.554. The minimum absolute atomic E-state index is 0.00613. The number of hydrogen-bond donors (Lipinski definition) is 0. The lowest BCUT2D eigenvalue weighted by molar-refractivity contribution is -0.148. The quantitative estimate of drug-likeness (QED) is 0.441. The minimum Gasteiger partial charge on any atom is -0.469 e. The van der Waals surface area contributed by atoms with Gasteiger partial charge in [-0.05, 0) is 31.9 Å². The van der Waals surface area contributed by atoms with Gasteiger partial charge in [-0.25, -0.2) is 4.98 Å². The Morgan fingerprint density at radius 2 is 1.96 bits per heavy atom. The standard InChI is InChI=1S/C19H23N3O4S/c1-3-22-17(24)14-6-4-5-7-15(14)20-19(22)27-12-16(23)21-10-8-13(9-11-21)18(25)26-2/h4-7,13H,3,8-12H2,1-2H3. The Balaban J connectivity index is 1.67. The highest BCUT2D eigenvalue weighted by Gasteiger charge is 2.28. The average Bonchev–Trinajstić information content (AvgIpc) is 2.71. The number of piperidine rings is 1. The van der Waals surface area contributed by atoms with Gasteiger partial charge in [-0.3, -0.25) is 19.0 Å². The molecular weight excluding hydrogens is 366 g/mol. The molecule has 2 heterocycles. The zero-order valence-electron chi connectivity index (χ0n) is 15.5. The van der Waals surface area contributed by atoms with Crippen LogP contribution in [0.4, 0.5) is 0 Å². The molecule has 0 saturated carbocycles. The number of benzene rings is 1. The Kier molecular flexibility index (Phi) is 6.15. The summed E-state index contributed by atoms with van der Waals surface area (Å²) in [6, 6.07) is 7.23. The van der Waals surface area contributed by atoms with Gasteiger partial charge in [0, 0.05) is 19.6 Å². The molecule has 0 N–H and O–H groups in total. The molecular formula is C19H23N3O4S. The fourth-order valence-corrected chi connectivity index (χ4v) is 4.25. The van der Waals surface area contributed by atoms with Crippen molar-refractivity contribution in [3.63, 3.8) is 0 Å². The number of para-hydroxylation sites is 1. The number of carbonyl (C=O) groups is 2. The molecule has 27 heavy (non-hydrogen) atoms. The summed E-state index contributed by atoms with van der Waals surface area (Å²) in [5, 5.41) is 1.14. The Morgan fingerprint density at radius 3 is 2.63 bits per heavy atom. The molecule has 8 heteroatoms. The van der Waals surface area contributed by atoms with Crippen molar-refractivity contribution in [3.05, 3.63) is 34.6 Å². The average molecular weight is 389 g/mol. The molecule has 1 aliphatic rings. The second-order valence-electron chi connectivity index (χ2n) is 6.43. The Morgan fingerprint density at radius 1 is 1.26 bits per heavy atom. The minimum atomic E-state index is -0.205. The van der Waals surface area contributed by atoms with E-state index in [1.165, 1.54) is 18.9 Å². The number of likely N-dealkylation sites (tertiary alicyclic amines) is 1. The van der Waals surface area contributed by atoms with Crippen LogP contribution in [0.1, 0.15) is 19.8 Å². The van der Waals surface area contributed by atoms with Gasteiger partial charge >= 0.3 is 5.97 Å². The molecule has 0 radical (unpaired) electrons. The van der Waals surface area contributed by atoms with Gasteiger partial charge in [0.15, 0.2) is 5.16 Å². The van der Waals surface area contributed by atoms with Crippen molar-refractivity contribution in [1.82, 2.24) is 14.5 Å². The molecule has 0 atom stereocenters. The number of rotatable bonds is 5. The number of carbonyl (C=O) groups excluding carboxylic acids is 2. The summed E-state index contributed by atoms with van der Waals surface area (Å²) in [7, 11) is 1.39. The van der Waals surface area contributed by atoms with Crippen molar-refractivity contribution >= 4 is 34.5 Å². The molecule has 3 rings (SSSR count). The second kappa shape index (κ2) is 8.56. The van der Waals surface area contributed by atoms with Crippen LogP contribution in [0.15, 0.2) is 34.2 Å². The highest BCUT2D eigenvalue weighted by atomic mass is 32.2. The molecule has 1 aliphatic heterocycles. The number of thioether (sulfide) groups is 1. The van der Waals surface area contributed by atoms with Crippen LogP contribution >= 0.6 is 11.8 Å². The van der Waals surface area contributed by atoms with Gasteiger partial charge in [0.25, 0.3) is 5.56 Å². The monoisotopic (exact) mass is 389 g/mol. The van der Waals surface area contributed by atoms with Gasteiger partial charge in [0.1, 0.15) is 0 Å². The van der Waals surface area contributed by atoms with Gasteiger partial charge < -0.3 is 9.64 Å². The number of hydrogen-bond acceptors (Lipinski definition) is 6. The van der Waals surface area contributed by atoms with Gasteiger partial charge in [-0.15, -0.1) is 0 Å². The number of ether oxygens (including phenoxy) is 1. The molecule has 7 nitrogen and oxygen atoms in total. The third-order valence-electron chi connectivity index (χ3n) is 4.85. The van der Waals surface area contributed by atoms with E-state index in [1.807, 2.05) is 19.1 Å². The maximum atomic E-state index is 12.6. The van der Waals surface area contributed by atoms with Crippen LogP contribution in [0.3, 0.4) is 0 Å². The Bertz CT molecular complexity index is 903. The predicted octanol–water partition coefficient (Wildman–Crippen LogP) is 1.92. The van der Waals surface area contributed by atoms with E-state index in [9.17, 15) is 14.4 Å². The Labute approximate surface area is 161 Å². The number of methoxy groups -OCH3 is 1. The third kappa shape index (κ3) is 4.16. The first kappa shape index (κ1) is 19.4. The van der Waals surface area contributed by atoms with E-state index in [1.54, 1.807) is 21.6 Å². The first-order valence-electron chi connectivity index (χ1n) is 9.03. The highest BCUT2D eigenvalue weighted by Crippen LogP contribution is 2.22. The smallest absolute Gasteiger partial charge is 0.308 e. The van der Waals surface area contributed by atoms with Crippen LogP contribution in [0.25, 0.3) is 10.9 Å². The summed E-state index contributed by atoms with van der Waals surface area (Å²) in [6.07, 6.45) is 1.24. The first-order chi connectivity index (χ1) is 13.0. The van der Waals surface area contributed by atoms with E-state index in [0.717, 1.165) is 0 Å². The SMILES string of the molecule is CCn1c(SCC(=O)N2CCC(C(=O)OC)CC2)nc2ccccc2c1=O. The van der Waals surface area contributed by atoms with Crippen molar-refractivity contribution in [2.45, 2.75) is 31.5 Å². The summed E-state index contributed by atoms with van der Waals surface area (Å²) < 4.78 is 6.38. The number of fused-ring (bicyclic) bond motifs is 1. The summed E-state index contributed by atoms with van der Waals surface area (Å²) >= 11 is 1.28. The maximum Gasteiger partial charge on any atom is 0.308 e. The summed E-state index contributed by atoms with van der Waals surface area (Å²) in [5.74, 6) is -0.121. The van der Waals surface area contributed by atoms with Crippen molar-refractivity contribution in [1.29, 1.82) is 0 Å². The van der Waals surface area contributed by atoms with Crippen molar-refractivity contribution < 1.29 is 14.3 Å². The highest BCUT2D eigenvalue weighted by molar-refractivity contribution is 7.99. The lowest BCUT2D eigenvalue weighted by atomic mass is 9.97. The van der Waals surface area contributed by atoms with Gasteiger partial charge in [0.05, 0.1) is 29.7 Å². The van der Waals surface area contributed by atoms with E-state index >= 15 is 0 Å². The first-order valence-corrected chi connectivity index (χ1v) is 10.0. The van der Waals surface area contributed by atoms with E-state index < -0.39 is 0 Å². The Hall–Kier alpha value is -2.35. The fraction of sp³-hybridized carbons (Fsp3) is 0.474. The molecule has 0 aliphatic carbocycles. The van der Waals surface area contributed by atoms with Gasteiger partial charge in [0.2, 0.25) is 5.91 Å². The van der Waals surface area contributed by atoms with Crippen LogP contribution in [0.5, 0.6) is 0 Å². The van der Waals surface area contributed by atoms with Crippen molar-refractivity contribution in [2.24, 2.45) is 5.92 Å². The van der Waals surface area contributed by atoms with Gasteiger partial charge in [-0.2, -0.15) is 0 Å². The lowest BCUT2D eigenvalue weighted by Gasteiger charge is -2.30. The molecule has 144 valence electrons. The molecule has 0 bridgehead atoms. The molecule has 1 fully saturated rings. The van der Waals surface area contributed by atoms with E-state index in [0.29, 0.717) is 48.5 Å². The van der Waals surface area contributed by atoms with Gasteiger partial charge in [-0.1, -0.05) is 23.9 Å². The fourth-order valence-electron chi connectivity index (χ4n) is 3.29. The van der Waals surface area contributed by atoms with Crippen molar-refractivity contribution in [3.8, 4) is 0 Å². The summed E-state index contributed by atoms with van der Waals surface area (Å²) in [4.78, 5) is 43.1. The largest absolute Gasteiger partial charge is 0.469 e. The number of nitrogens with zero attached hydrogens (tertiary/aromatic N) is 3. The lowest BCUT2D eigenvalue weighted by Crippen LogP contribution is -2.41. The number of esters is 1. The van der Waals surface area contributed by atoms with Crippen LogP contribution in [-0.4, -0.2) is 52.3 Å².